The number of anilines is 1. The molecule has 2 aromatic rings. The second-order valence-corrected chi connectivity index (χ2v) is 6.43. The number of carboxylic acids is 1. The van der Waals surface area contributed by atoms with E-state index in [9.17, 15) is 9.90 Å². The van der Waals surface area contributed by atoms with Gasteiger partial charge in [-0.05, 0) is 34.1 Å². The Bertz CT molecular complexity index is 612. The lowest BCUT2D eigenvalue weighted by Crippen LogP contribution is -2.19. The Labute approximate surface area is 133 Å². The molecule has 0 radical (unpaired) electrons. The summed E-state index contributed by atoms with van der Waals surface area (Å²) in [4.78, 5) is 12.1. The van der Waals surface area contributed by atoms with Crippen LogP contribution >= 0.6 is 38.9 Å². The first-order chi connectivity index (χ1) is 9.52. The molecule has 1 unspecified atom stereocenters. The number of methoxy groups -OCH3 is 1. The van der Waals surface area contributed by atoms with E-state index in [0.717, 1.165) is 0 Å². The van der Waals surface area contributed by atoms with Crippen LogP contribution in [0.4, 0.5) is 5.69 Å². The number of rotatable bonds is 5. The van der Waals surface area contributed by atoms with Gasteiger partial charge in [-0.15, -0.1) is 11.3 Å². The summed E-state index contributed by atoms with van der Waals surface area (Å²) in [7, 11) is 1.54. The molecule has 106 valence electrons. The van der Waals surface area contributed by atoms with Crippen molar-refractivity contribution in [2.75, 3.05) is 12.4 Å². The van der Waals surface area contributed by atoms with Crippen molar-refractivity contribution in [2.45, 2.75) is 6.04 Å². The molecule has 1 atom stereocenters. The van der Waals surface area contributed by atoms with E-state index >= 15 is 0 Å². The zero-order valence-corrected chi connectivity index (χ0v) is 13.6. The topological polar surface area (TPSA) is 58.6 Å². The lowest BCUT2D eigenvalue weighted by Gasteiger charge is -2.16. The molecule has 1 aromatic heterocycles. The van der Waals surface area contributed by atoms with E-state index in [0.29, 0.717) is 25.1 Å². The Balaban J connectivity index is 2.33. The minimum atomic E-state index is -0.985. The minimum absolute atomic E-state index is 0.521. The van der Waals surface area contributed by atoms with Crippen molar-refractivity contribution >= 4 is 50.5 Å². The van der Waals surface area contributed by atoms with Crippen LogP contribution in [0.25, 0.3) is 0 Å². The molecule has 0 spiro atoms. The van der Waals surface area contributed by atoms with Crippen LogP contribution in [-0.4, -0.2) is 18.2 Å². The molecule has 0 fully saturated rings. The SMILES string of the molecule is COc1ccccc1NC(C(=O)O)c1cc(Br)c(Cl)s1. The highest BCUT2D eigenvalue weighted by molar-refractivity contribution is 9.10. The summed E-state index contributed by atoms with van der Waals surface area (Å²) in [6.07, 6.45) is 0. The van der Waals surface area contributed by atoms with E-state index < -0.39 is 12.0 Å². The highest BCUT2D eigenvalue weighted by atomic mass is 79.9. The summed E-state index contributed by atoms with van der Waals surface area (Å²) in [5.74, 6) is -0.401. The van der Waals surface area contributed by atoms with Crippen molar-refractivity contribution in [3.05, 3.63) is 44.0 Å². The molecule has 0 bridgehead atoms. The monoisotopic (exact) mass is 375 g/mol. The Morgan fingerprint density at radius 1 is 1.50 bits per heavy atom. The van der Waals surface area contributed by atoms with Gasteiger partial charge >= 0.3 is 5.97 Å². The molecule has 1 heterocycles. The van der Waals surface area contributed by atoms with E-state index in [1.807, 2.05) is 6.07 Å². The molecule has 2 N–H and O–H groups in total. The normalized spacial score (nSPS) is 11.9. The molecule has 0 saturated carbocycles. The van der Waals surface area contributed by atoms with Crippen molar-refractivity contribution in [3.8, 4) is 5.75 Å². The maximum atomic E-state index is 11.5. The van der Waals surface area contributed by atoms with Gasteiger partial charge in [0.15, 0.2) is 6.04 Å². The van der Waals surface area contributed by atoms with Gasteiger partial charge in [-0.1, -0.05) is 23.7 Å². The third kappa shape index (κ3) is 3.26. The van der Waals surface area contributed by atoms with Crippen LogP contribution in [0.5, 0.6) is 5.75 Å². The molecular formula is C13H11BrClNO3S. The number of hydrogen-bond acceptors (Lipinski definition) is 4. The van der Waals surface area contributed by atoms with Crippen LogP contribution < -0.4 is 10.1 Å². The highest BCUT2D eigenvalue weighted by Gasteiger charge is 2.24. The first-order valence-electron chi connectivity index (χ1n) is 5.60. The van der Waals surface area contributed by atoms with Gasteiger partial charge in [-0.3, -0.25) is 0 Å². The van der Waals surface area contributed by atoms with Gasteiger partial charge < -0.3 is 15.2 Å². The maximum Gasteiger partial charge on any atom is 0.331 e. The van der Waals surface area contributed by atoms with Crippen molar-refractivity contribution < 1.29 is 14.6 Å². The average Bonchev–Trinajstić information content (AvgIpc) is 2.75. The zero-order chi connectivity index (χ0) is 14.7. The fourth-order valence-corrected chi connectivity index (χ4v) is 3.46. The Morgan fingerprint density at radius 3 is 2.75 bits per heavy atom. The van der Waals surface area contributed by atoms with Crippen LogP contribution in [0.1, 0.15) is 10.9 Å². The fourth-order valence-electron chi connectivity index (χ4n) is 1.68. The highest BCUT2D eigenvalue weighted by Crippen LogP contribution is 2.37. The summed E-state index contributed by atoms with van der Waals surface area (Å²) < 4.78 is 6.41. The van der Waals surface area contributed by atoms with Crippen molar-refractivity contribution in [1.29, 1.82) is 0 Å². The largest absolute Gasteiger partial charge is 0.495 e. The van der Waals surface area contributed by atoms with Gasteiger partial charge in [0.1, 0.15) is 10.1 Å². The van der Waals surface area contributed by atoms with Gasteiger partial charge in [0.25, 0.3) is 0 Å². The van der Waals surface area contributed by atoms with E-state index in [-0.39, 0.29) is 0 Å². The molecule has 0 aliphatic heterocycles. The van der Waals surface area contributed by atoms with Crippen molar-refractivity contribution in [2.24, 2.45) is 0 Å². The Kier molecular flexibility index (Phi) is 4.91. The number of thiophene rings is 1. The van der Waals surface area contributed by atoms with Crippen LogP contribution in [0.2, 0.25) is 4.34 Å². The van der Waals surface area contributed by atoms with Gasteiger partial charge in [0.05, 0.1) is 12.8 Å². The van der Waals surface area contributed by atoms with E-state index in [2.05, 4.69) is 21.2 Å². The summed E-state index contributed by atoms with van der Waals surface area (Å²) in [5, 5.41) is 12.4. The van der Waals surface area contributed by atoms with Crippen LogP contribution in [0, 0.1) is 0 Å². The van der Waals surface area contributed by atoms with Crippen LogP contribution in [0.3, 0.4) is 0 Å². The summed E-state index contributed by atoms with van der Waals surface area (Å²) in [6.45, 7) is 0. The smallest absolute Gasteiger partial charge is 0.331 e. The summed E-state index contributed by atoms with van der Waals surface area (Å²) >= 11 is 10.5. The molecule has 1 aromatic carbocycles. The van der Waals surface area contributed by atoms with Gasteiger partial charge in [-0.2, -0.15) is 0 Å². The molecular weight excluding hydrogens is 366 g/mol. The van der Waals surface area contributed by atoms with E-state index in [4.69, 9.17) is 16.3 Å². The number of para-hydroxylation sites is 2. The molecule has 0 saturated heterocycles. The predicted molar refractivity (Wildman–Crippen MR) is 84.0 cm³/mol. The molecule has 4 nitrogen and oxygen atoms in total. The lowest BCUT2D eigenvalue weighted by atomic mass is 10.2. The second kappa shape index (κ2) is 6.47. The molecule has 2 rings (SSSR count). The standard InChI is InChI=1S/C13H11BrClNO3S/c1-19-9-5-3-2-4-8(9)16-11(13(17)18)10-6-7(14)12(15)20-10/h2-6,11,16H,1H3,(H,17,18). The number of aliphatic carboxylic acids is 1. The molecule has 20 heavy (non-hydrogen) atoms. The van der Waals surface area contributed by atoms with Crippen molar-refractivity contribution in [1.82, 2.24) is 0 Å². The average molecular weight is 377 g/mol. The number of hydrogen-bond donors (Lipinski definition) is 2. The fraction of sp³-hybridized carbons (Fsp3) is 0.154. The molecule has 0 aliphatic carbocycles. The number of carboxylic acid groups (broad SMARTS) is 1. The van der Waals surface area contributed by atoms with Gasteiger partial charge in [0, 0.05) is 9.35 Å². The number of carbonyl (C=O) groups is 1. The first kappa shape index (κ1) is 15.2. The Morgan fingerprint density at radius 2 is 2.20 bits per heavy atom. The molecule has 7 heteroatoms. The maximum absolute atomic E-state index is 11.5. The minimum Gasteiger partial charge on any atom is -0.495 e. The number of halogens is 2. The second-order valence-electron chi connectivity index (χ2n) is 3.89. The van der Waals surface area contributed by atoms with E-state index in [1.54, 1.807) is 24.3 Å². The Hall–Kier alpha value is -1.24. The third-order valence-corrected chi connectivity index (χ3v) is 5.14. The third-order valence-electron chi connectivity index (χ3n) is 2.60. The first-order valence-corrected chi connectivity index (χ1v) is 7.58. The molecule has 0 aliphatic rings. The van der Waals surface area contributed by atoms with Crippen molar-refractivity contribution in [3.63, 3.8) is 0 Å². The van der Waals surface area contributed by atoms with E-state index in [1.165, 1.54) is 18.4 Å². The van der Waals surface area contributed by atoms with Crippen LogP contribution in [0.15, 0.2) is 34.8 Å². The predicted octanol–water partition coefficient (Wildman–Crippen LogP) is 4.41. The number of benzene rings is 1. The summed E-state index contributed by atoms with van der Waals surface area (Å²) in [5.41, 5.74) is 0.614. The molecule has 0 amide bonds. The quantitative estimate of drug-likeness (QED) is 0.811. The number of nitrogens with one attached hydrogen (secondary N) is 1. The zero-order valence-electron chi connectivity index (χ0n) is 10.4. The van der Waals surface area contributed by atoms with Crippen LogP contribution in [-0.2, 0) is 4.79 Å². The van der Waals surface area contributed by atoms with Gasteiger partial charge in [0.2, 0.25) is 0 Å². The number of ether oxygens (including phenoxy) is 1. The summed E-state index contributed by atoms with van der Waals surface area (Å²) in [6, 6.07) is 7.96. The lowest BCUT2D eigenvalue weighted by molar-refractivity contribution is -0.138. The van der Waals surface area contributed by atoms with Gasteiger partial charge in [-0.25, -0.2) is 4.79 Å².